The summed E-state index contributed by atoms with van der Waals surface area (Å²) in [6.45, 7) is 0. The largest absolute Gasteiger partial charge is 0.481 e. The number of carboxylic acids is 1. The Balaban J connectivity index is 2.72. The molecule has 0 bridgehead atoms. The number of benzene rings is 1. The zero-order chi connectivity index (χ0) is 14.6. The summed E-state index contributed by atoms with van der Waals surface area (Å²) in [6, 6.07) is 0.428. The number of hydrogen-bond donors (Lipinski definition) is 2. The van der Waals surface area contributed by atoms with Crippen LogP contribution in [-0.2, 0) is 4.79 Å². The standard InChI is InChI=1S/C10H7F4NO2S2/c11-4-3-5(8(13)9(14)7(4)12)15-10(18)19-2-1-6(16)17/h3H,1-2H2,(H,15,18)(H,16,17). The van der Waals surface area contributed by atoms with E-state index in [4.69, 9.17) is 17.3 Å². The van der Waals surface area contributed by atoms with Gasteiger partial charge in [0, 0.05) is 11.8 Å². The first kappa shape index (κ1) is 15.7. The number of anilines is 1. The average Bonchev–Trinajstić information content (AvgIpc) is 2.33. The molecule has 1 rings (SSSR count). The van der Waals surface area contributed by atoms with Crippen molar-refractivity contribution in [3.63, 3.8) is 0 Å². The lowest BCUT2D eigenvalue weighted by atomic mass is 10.2. The number of thiocarbonyl (C=S) groups is 1. The monoisotopic (exact) mass is 313 g/mol. The molecule has 0 heterocycles. The van der Waals surface area contributed by atoms with Gasteiger partial charge in [0.25, 0.3) is 0 Å². The van der Waals surface area contributed by atoms with Gasteiger partial charge in [0.1, 0.15) is 4.32 Å². The average molecular weight is 313 g/mol. The molecule has 0 amide bonds. The van der Waals surface area contributed by atoms with Crippen molar-refractivity contribution < 1.29 is 27.5 Å². The van der Waals surface area contributed by atoms with E-state index >= 15 is 0 Å². The maximum Gasteiger partial charge on any atom is 0.304 e. The van der Waals surface area contributed by atoms with Gasteiger partial charge in [-0.2, -0.15) is 0 Å². The number of aliphatic carboxylic acids is 1. The summed E-state index contributed by atoms with van der Waals surface area (Å²) >= 11 is 5.58. The molecule has 0 radical (unpaired) electrons. The van der Waals surface area contributed by atoms with Gasteiger partial charge in [0.15, 0.2) is 23.3 Å². The lowest BCUT2D eigenvalue weighted by Gasteiger charge is -2.09. The van der Waals surface area contributed by atoms with E-state index in [2.05, 4.69) is 5.32 Å². The number of rotatable bonds is 4. The Labute approximate surface area is 115 Å². The van der Waals surface area contributed by atoms with E-state index in [1.807, 2.05) is 0 Å². The summed E-state index contributed by atoms with van der Waals surface area (Å²) in [6.07, 6.45) is -0.179. The fourth-order valence-corrected chi connectivity index (χ4v) is 2.05. The second-order valence-corrected chi connectivity index (χ2v) is 5.02. The molecule has 1 aromatic rings. The van der Waals surface area contributed by atoms with E-state index in [9.17, 15) is 22.4 Å². The molecule has 0 fully saturated rings. The smallest absolute Gasteiger partial charge is 0.304 e. The Hall–Kier alpha value is -1.35. The van der Waals surface area contributed by atoms with Crippen LogP contribution < -0.4 is 5.32 Å². The van der Waals surface area contributed by atoms with Crippen LogP contribution in [0.3, 0.4) is 0 Å². The van der Waals surface area contributed by atoms with Crippen LogP contribution in [0.5, 0.6) is 0 Å². The van der Waals surface area contributed by atoms with Gasteiger partial charge in [-0.05, 0) is 0 Å². The number of carbonyl (C=O) groups is 1. The lowest BCUT2D eigenvalue weighted by Crippen LogP contribution is -2.10. The number of hydrogen-bond acceptors (Lipinski definition) is 3. The van der Waals surface area contributed by atoms with Crippen LogP contribution in [0.25, 0.3) is 0 Å². The summed E-state index contributed by atoms with van der Waals surface area (Å²) in [4.78, 5) is 10.2. The third-order valence-electron chi connectivity index (χ3n) is 1.89. The second-order valence-electron chi connectivity index (χ2n) is 3.25. The van der Waals surface area contributed by atoms with Gasteiger partial charge >= 0.3 is 5.97 Å². The van der Waals surface area contributed by atoms with E-state index in [0.717, 1.165) is 11.8 Å². The Morgan fingerprint density at radius 2 is 1.89 bits per heavy atom. The predicted molar refractivity (Wildman–Crippen MR) is 67.2 cm³/mol. The molecule has 0 aliphatic rings. The fourth-order valence-electron chi connectivity index (χ4n) is 1.04. The molecule has 0 aromatic heterocycles. The van der Waals surface area contributed by atoms with Crippen molar-refractivity contribution in [1.82, 2.24) is 0 Å². The summed E-state index contributed by atoms with van der Waals surface area (Å²) in [5.41, 5.74) is -0.649. The fraction of sp³-hybridized carbons (Fsp3) is 0.200. The minimum Gasteiger partial charge on any atom is -0.481 e. The summed E-state index contributed by atoms with van der Waals surface area (Å²) in [5.74, 6) is -7.94. The Morgan fingerprint density at radius 3 is 2.47 bits per heavy atom. The van der Waals surface area contributed by atoms with Crippen LogP contribution >= 0.6 is 24.0 Å². The topological polar surface area (TPSA) is 49.3 Å². The van der Waals surface area contributed by atoms with Crippen molar-refractivity contribution in [3.05, 3.63) is 29.3 Å². The molecule has 0 saturated heterocycles. The maximum absolute atomic E-state index is 13.2. The molecule has 0 unspecified atom stereocenters. The molecular formula is C10H7F4NO2S2. The molecule has 0 aliphatic heterocycles. The highest BCUT2D eigenvalue weighted by Gasteiger charge is 2.19. The molecule has 0 spiro atoms. The van der Waals surface area contributed by atoms with Crippen LogP contribution in [0.15, 0.2) is 6.07 Å². The summed E-state index contributed by atoms with van der Waals surface area (Å²) in [5, 5.41) is 10.6. The van der Waals surface area contributed by atoms with Crippen molar-refractivity contribution in [2.24, 2.45) is 0 Å². The molecular weight excluding hydrogens is 306 g/mol. The maximum atomic E-state index is 13.2. The Kier molecular flexibility index (Phi) is 5.55. The van der Waals surface area contributed by atoms with Crippen LogP contribution in [0.2, 0.25) is 0 Å². The third kappa shape index (κ3) is 4.35. The molecule has 0 saturated carbocycles. The Bertz CT molecular complexity index is 525. The van der Waals surface area contributed by atoms with Crippen LogP contribution in [-0.4, -0.2) is 21.1 Å². The summed E-state index contributed by atoms with van der Waals surface area (Å²) < 4.78 is 51.6. The molecule has 3 nitrogen and oxygen atoms in total. The molecule has 1 aromatic carbocycles. The number of halogens is 4. The van der Waals surface area contributed by atoms with Crippen LogP contribution in [0, 0.1) is 23.3 Å². The van der Waals surface area contributed by atoms with E-state index < -0.39 is 34.9 Å². The molecule has 2 N–H and O–H groups in total. The van der Waals surface area contributed by atoms with E-state index in [1.54, 1.807) is 0 Å². The first-order valence-electron chi connectivity index (χ1n) is 4.81. The first-order chi connectivity index (χ1) is 8.82. The van der Waals surface area contributed by atoms with Crippen molar-refractivity contribution in [1.29, 1.82) is 0 Å². The predicted octanol–water partition coefficient (Wildman–Crippen LogP) is 3.15. The van der Waals surface area contributed by atoms with Crippen LogP contribution in [0.1, 0.15) is 6.42 Å². The minimum absolute atomic E-state index is 0.0782. The van der Waals surface area contributed by atoms with Gasteiger partial charge in [-0.1, -0.05) is 24.0 Å². The first-order valence-corrected chi connectivity index (χ1v) is 6.21. The van der Waals surface area contributed by atoms with Gasteiger partial charge < -0.3 is 10.4 Å². The van der Waals surface area contributed by atoms with Gasteiger partial charge in [-0.15, -0.1) is 0 Å². The lowest BCUT2D eigenvalue weighted by molar-refractivity contribution is -0.136. The van der Waals surface area contributed by atoms with Crippen molar-refractivity contribution in [2.45, 2.75) is 6.42 Å². The zero-order valence-corrected chi connectivity index (χ0v) is 10.8. The van der Waals surface area contributed by atoms with E-state index in [0.29, 0.717) is 6.07 Å². The SMILES string of the molecule is O=C(O)CCSC(=S)Nc1cc(F)c(F)c(F)c1F. The van der Waals surface area contributed by atoms with Crippen molar-refractivity contribution in [2.75, 3.05) is 11.1 Å². The number of nitrogens with one attached hydrogen (secondary N) is 1. The molecule has 19 heavy (non-hydrogen) atoms. The quantitative estimate of drug-likeness (QED) is 0.387. The number of carboxylic acid groups (broad SMARTS) is 1. The van der Waals surface area contributed by atoms with Crippen molar-refractivity contribution >= 4 is 40.0 Å². The van der Waals surface area contributed by atoms with Crippen LogP contribution in [0.4, 0.5) is 23.2 Å². The zero-order valence-electron chi connectivity index (χ0n) is 9.18. The minimum atomic E-state index is -1.94. The highest BCUT2D eigenvalue weighted by Crippen LogP contribution is 2.23. The summed E-state index contributed by atoms with van der Waals surface area (Å²) in [7, 11) is 0. The van der Waals surface area contributed by atoms with E-state index in [1.165, 1.54) is 0 Å². The van der Waals surface area contributed by atoms with Gasteiger partial charge in [0.05, 0.1) is 12.1 Å². The van der Waals surface area contributed by atoms with Crippen molar-refractivity contribution in [3.8, 4) is 0 Å². The molecule has 104 valence electrons. The van der Waals surface area contributed by atoms with Gasteiger partial charge in [0.2, 0.25) is 0 Å². The number of thioether (sulfide) groups is 1. The van der Waals surface area contributed by atoms with E-state index in [-0.39, 0.29) is 16.5 Å². The normalized spacial score (nSPS) is 10.3. The molecule has 9 heteroatoms. The van der Waals surface area contributed by atoms with Gasteiger partial charge in [-0.3, -0.25) is 4.79 Å². The molecule has 0 atom stereocenters. The molecule has 0 aliphatic carbocycles. The highest BCUT2D eigenvalue weighted by molar-refractivity contribution is 8.23. The Morgan fingerprint density at radius 1 is 1.26 bits per heavy atom. The highest BCUT2D eigenvalue weighted by atomic mass is 32.2. The van der Waals surface area contributed by atoms with Gasteiger partial charge in [-0.25, -0.2) is 17.6 Å². The second kappa shape index (κ2) is 6.71. The third-order valence-corrected chi connectivity index (χ3v) is 3.12.